The minimum absolute atomic E-state index is 0.589. The van der Waals surface area contributed by atoms with Crippen LogP contribution in [0.5, 0.6) is 0 Å². The Bertz CT molecular complexity index is 1590. The fourth-order valence-corrected chi connectivity index (χ4v) is 5.20. The third kappa shape index (κ3) is 3.86. The monoisotopic (exact) mass is 473 g/mol. The molecular formula is C29H27N7. The molecule has 0 radical (unpaired) electrons. The van der Waals surface area contributed by atoms with Crippen LogP contribution in [0.1, 0.15) is 18.4 Å². The minimum atomic E-state index is 0.589. The third-order valence-corrected chi connectivity index (χ3v) is 7.21. The van der Waals surface area contributed by atoms with Crippen LogP contribution in [-0.4, -0.2) is 57.5 Å². The number of imidazole rings is 1. The Labute approximate surface area is 210 Å². The van der Waals surface area contributed by atoms with Gasteiger partial charge in [0.2, 0.25) is 0 Å². The van der Waals surface area contributed by atoms with Crippen LogP contribution in [0, 0.1) is 11.3 Å². The minimum Gasteiger partial charge on any atom is -0.355 e. The van der Waals surface area contributed by atoms with E-state index < -0.39 is 0 Å². The molecule has 2 aromatic carbocycles. The average Bonchev–Trinajstić information content (AvgIpc) is 3.42. The Hall–Kier alpha value is -4.28. The van der Waals surface area contributed by atoms with Crippen molar-refractivity contribution < 1.29 is 0 Å². The van der Waals surface area contributed by atoms with E-state index in [-0.39, 0.29) is 0 Å². The molecule has 7 heteroatoms. The van der Waals surface area contributed by atoms with Crippen LogP contribution in [0.3, 0.4) is 0 Å². The number of fused-ring (bicyclic) bond motifs is 2. The Kier molecular flexibility index (Phi) is 5.59. The van der Waals surface area contributed by atoms with Crippen LogP contribution in [0.15, 0.2) is 73.3 Å². The maximum absolute atomic E-state index is 9.33. The molecular weight excluding hydrogens is 446 g/mol. The van der Waals surface area contributed by atoms with E-state index in [4.69, 9.17) is 4.98 Å². The van der Waals surface area contributed by atoms with E-state index in [1.165, 1.54) is 0 Å². The number of nitrogens with zero attached hydrogens (tertiary/aromatic N) is 7. The first-order chi connectivity index (χ1) is 17.6. The Morgan fingerprint density at radius 3 is 2.53 bits per heavy atom. The molecule has 1 aliphatic heterocycles. The quantitative estimate of drug-likeness (QED) is 0.365. The molecule has 0 saturated carbocycles. The van der Waals surface area contributed by atoms with Crippen molar-refractivity contribution in [2.45, 2.75) is 18.9 Å². The standard InChI is InChI=1S/C29H27N7/c1-34(2)24-11-14-35(15-12-24)29-26-18-31-19-36(26)28(23-9-10-25-22(16-23)4-3-13-32-25)27(33-29)21-7-5-20(17-30)6-8-21/h3-10,13,16,18-19,24H,11-12,14-15H2,1-2H3. The lowest BCUT2D eigenvalue weighted by atomic mass is 10.0. The number of benzene rings is 2. The highest BCUT2D eigenvalue weighted by Crippen LogP contribution is 2.37. The summed E-state index contributed by atoms with van der Waals surface area (Å²) in [4.78, 5) is 19.0. The largest absolute Gasteiger partial charge is 0.355 e. The lowest BCUT2D eigenvalue weighted by molar-refractivity contribution is 0.249. The number of piperidine rings is 1. The number of nitriles is 1. The molecule has 4 heterocycles. The molecule has 36 heavy (non-hydrogen) atoms. The van der Waals surface area contributed by atoms with Crippen molar-refractivity contribution in [1.29, 1.82) is 5.26 Å². The molecule has 0 N–H and O–H groups in total. The molecule has 3 aromatic heterocycles. The lowest BCUT2D eigenvalue weighted by Crippen LogP contribution is -2.42. The molecule has 1 saturated heterocycles. The molecule has 0 unspecified atom stereocenters. The fraction of sp³-hybridized carbons (Fsp3) is 0.241. The summed E-state index contributed by atoms with van der Waals surface area (Å²) >= 11 is 0. The van der Waals surface area contributed by atoms with Gasteiger partial charge in [-0.3, -0.25) is 9.38 Å². The second-order valence-corrected chi connectivity index (χ2v) is 9.56. The van der Waals surface area contributed by atoms with Crippen molar-refractivity contribution in [2.24, 2.45) is 0 Å². The van der Waals surface area contributed by atoms with Crippen LogP contribution in [0.2, 0.25) is 0 Å². The highest BCUT2D eigenvalue weighted by atomic mass is 15.2. The second-order valence-electron chi connectivity index (χ2n) is 9.56. The zero-order valence-corrected chi connectivity index (χ0v) is 20.5. The number of anilines is 1. The summed E-state index contributed by atoms with van der Waals surface area (Å²) in [6.45, 7) is 1.90. The molecule has 178 valence electrons. The van der Waals surface area contributed by atoms with Gasteiger partial charge in [0.1, 0.15) is 5.52 Å². The van der Waals surface area contributed by atoms with Crippen molar-refractivity contribution in [3.63, 3.8) is 0 Å². The van der Waals surface area contributed by atoms with E-state index >= 15 is 0 Å². The Morgan fingerprint density at radius 1 is 1.00 bits per heavy atom. The summed E-state index contributed by atoms with van der Waals surface area (Å²) < 4.78 is 2.16. The van der Waals surface area contributed by atoms with Gasteiger partial charge in [0, 0.05) is 41.8 Å². The predicted molar refractivity (Wildman–Crippen MR) is 143 cm³/mol. The van der Waals surface area contributed by atoms with Crippen LogP contribution in [-0.2, 0) is 0 Å². The molecule has 7 nitrogen and oxygen atoms in total. The molecule has 0 bridgehead atoms. The van der Waals surface area contributed by atoms with Crippen molar-refractivity contribution in [3.8, 4) is 28.6 Å². The van der Waals surface area contributed by atoms with Gasteiger partial charge in [-0.2, -0.15) is 5.26 Å². The summed E-state index contributed by atoms with van der Waals surface area (Å²) in [6.07, 6.45) is 7.80. The van der Waals surface area contributed by atoms with Gasteiger partial charge in [0.25, 0.3) is 0 Å². The summed E-state index contributed by atoms with van der Waals surface area (Å²) in [7, 11) is 4.31. The zero-order valence-electron chi connectivity index (χ0n) is 20.5. The second kappa shape index (κ2) is 9.06. The Balaban J connectivity index is 1.55. The smallest absolute Gasteiger partial charge is 0.155 e. The van der Waals surface area contributed by atoms with Gasteiger partial charge >= 0.3 is 0 Å². The van der Waals surface area contributed by atoms with E-state index in [0.29, 0.717) is 11.6 Å². The topological polar surface area (TPSA) is 73.3 Å². The third-order valence-electron chi connectivity index (χ3n) is 7.21. The highest BCUT2D eigenvalue weighted by molar-refractivity contribution is 5.90. The van der Waals surface area contributed by atoms with E-state index in [1.54, 1.807) is 0 Å². The van der Waals surface area contributed by atoms with E-state index in [0.717, 1.165) is 70.7 Å². The number of hydrogen-bond donors (Lipinski definition) is 0. The molecule has 0 spiro atoms. The van der Waals surface area contributed by atoms with Gasteiger partial charge in [-0.1, -0.05) is 24.3 Å². The first kappa shape index (κ1) is 22.2. The van der Waals surface area contributed by atoms with Gasteiger partial charge in [-0.05, 0) is 57.3 Å². The number of aromatic nitrogens is 4. The Morgan fingerprint density at radius 2 is 1.78 bits per heavy atom. The summed E-state index contributed by atoms with van der Waals surface area (Å²) in [5, 5.41) is 10.4. The molecule has 6 rings (SSSR count). The van der Waals surface area contributed by atoms with Crippen LogP contribution < -0.4 is 4.90 Å². The molecule has 5 aromatic rings. The SMILES string of the molecule is CN(C)C1CCN(c2nc(-c3ccc(C#N)cc3)c(-c3ccc4ncccc4c3)n3cncc23)CC1. The summed E-state index contributed by atoms with van der Waals surface area (Å²) in [5.74, 6) is 0.954. The molecule has 0 atom stereocenters. The predicted octanol–water partition coefficient (Wildman–Crippen LogP) is 5.01. The van der Waals surface area contributed by atoms with Gasteiger partial charge < -0.3 is 9.80 Å². The van der Waals surface area contributed by atoms with Crippen molar-refractivity contribution in [3.05, 3.63) is 78.9 Å². The van der Waals surface area contributed by atoms with Gasteiger partial charge in [0.05, 0.1) is 41.1 Å². The molecule has 1 fully saturated rings. The maximum Gasteiger partial charge on any atom is 0.155 e. The summed E-state index contributed by atoms with van der Waals surface area (Å²) in [5.41, 5.74) is 6.45. The van der Waals surface area contributed by atoms with E-state index in [9.17, 15) is 5.26 Å². The first-order valence-electron chi connectivity index (χ1n) is 12.3. The van der Waals surface area contributed by atoms with Crippen molar-refractivity contribution >= 4 is 22.2 Å². The van der Waals surface area contributed by atoms with Crippen molar-refractivity contribution in [2.75, 3.05) is 32.1 Å². The van der Waals surface area contributed by atoms with Gasteiger partial charge in [-0.25, -0.2) is 9.97 Å². The van der Waals surface area contributed by atoms with Crippen LogP contribution in [0.25, 0.3) is 38.9 Å². The maximum atomic E-state index is 9.33. The normalized spacial score (nSPS) is 14.6. The van der Waals surface area contributed by atoms with Gasteiger partial charge in [0.15, 0.2) is 5.82 Å². The lowest BCUT2D eigenvalue weighted by Gasteiger charge is -2.36. The van der Waals surface area contributed by atoms with Crippen molar-refractivity contribution in [1.82, 2.24) is 24.3 Å². The average molecular weight is 474 g/mol. The van der Waals surface area contributed by atoms with Gasteiger partial charge in [-0.15, -0.1) is 0 Å². The summed E-state index contributed by atoms with van der Waals surface area (Å²) in [6, 6.07) is 20.8. The fourth-order valence-electron chi connectivity index (χ4n) is 5.20. The molecule has 0 amide bonds. The molecule has 0 aliphatic carbocycles. The first-order valence-corrected chi connectivity index (χ1v) is 12.3. The zero-order chi connectivity index (χ0) is 24.6. The number of hydrogen-bond acceptors (Lipinski definition) is 6. The van der Waals surface area contributed by atoms with E-state index in [2.05, 4.69) is 68.6 Å². The van der Waals surface area contributed by atoms with E-state index in [1.807, 2.05) is 49.1 Å². The van der Waals surface area contributed by atoms with Crippen LogP contribution in [0.4, 0.5) is 5.82 Å². The number of rotatable bonds is 4. The van der Waals surface area contributed by atoms with Crippen LogP contribution >= 0.6 is 0 Å². The number of pyridine rings is 1. The molecule has 1 aliphatic rings. The highest BCUT2D eigenvalue weighted by Gasteiger charge is 2.26.